The van der Waals surface area contributed by atoms with Crippen LogP contribution in [0.5, 0.6) is 0 Å². The van der Waals surface area contributed by atoms with Gasteiger partial charge in [0, 0.05) is 6.04 Å². The molecule has 2 saturated carbocycles. The van der Waals surface area contributed by atoms with Crippen molar-refractivity contribution in [2.45, 2.75) is 63.7 Å². The molecule has 4 unspecified atom stereocenters. The van der Waals surface area contributed by atoms with Crippen LogP contribution in [0.2, 0.25) is 0 Å². The Bertz CT molecular complexity index is 411. The van der Waals surface area contributed by atoms with Gasteiger partial charge in [-0.15, -0.1) is 0 Å². The first kappa shape index (κ1) is 13.9. The lowest BCUT2D eigenvalue weighted by atomic mass is 9.84. The number of carbonyl (C=O) groups is 2. The van der Waals surface area contributed by atoms with Crippen LogP contribution in [-0.2, 0) is 14.3 Å². The van der Waals surface area contributed by atoms with Gasteiger partial charge in [0.25, 0.3) is 0 Å². The lowest BCUT2D eigenvalue weighted by molar-refractivity contribution is -0.152. The molecule has 2 aliphatic carbocycles. The molecule has 0 spiro atoms. The van der Waals surface area contributed by atoms with E-state index in [0.29, 0.717) is 18.8 Å². The largest absolute Gasteiger partial charge is 0.479 e. The summed E-state index contributed by atoms with van der Waals surface area (Å²) < 4.78 is 5.30. The highest BCUT2D eigenvalue weighted by atomic mass is 16.5. The zero-order valence-corrected chi connectivity index (χ0v) is 11.9. The number of amides is 1. The number of carboxylic acid groups (broad SMARTS) is 1. The summed E-state index contributed by atoms with van der Waals surface area (Å²) in [5, 5.41) is 11.9. The summed E-state index contributed by atoms with van der Waals surface area (Å²) in [6.45, 7) is 2.08. The fourth-order valence-electron chi connectivity index (χ4n) is 4.34. The summed E-state index contributed by atoms with van der Waals surface area (Å²) in [6, 6.07) is 0.172. The fraction of sp³-hybridized carbons (Fsp3) is 0.867. The van der Waals surface area contributed by atoms with Gasteiger partial charge in [0.05, 0.1) is 0 Å². The third kappa shape index (κ3) is 2.55. The molecule has 3 fully saturated rings. The molecule has 1 saturated heterocycles. The van der Waals surface area contributed by atoms with Crippen molar-refractivity contribution in [2.24, 2.45) is 17.8 Å². The molecule has 0 aromatic carbocycles. The normalized spacial score (nSPS) is 40.8. The van der Waals surface area contributed by atoms with Gasteiger partial charge < -0.3 is 15.2 Å². The van der Waals surface area contributed by atoms with E-state index in [0.717, 1.165) is 11.8 Å². The molecule has 5 nitrogen and oxygen atoms in total. The van der Waals surface area contributed by atoms with Gasteiger partial charge in [-0.3, -0.25) is 4.79 Å². The van der Waals surface area contributed by atoms with Gasteiger partial charge in [-0.05, 0) is 56.8 Å². The number of hydrogen-bond donors (Lipinski definition) is 2. The monoisotopic (exact) mass is 281 g/mol. The van der Waals surface area contributed by atoms with Gasteiger partial charge in [-0.2, -0.15) is 0 Å². The lowest BCUT2D eigenvalue weighted by Gasteiger charge is -2.29. The minimum Gasteiger partial charge on any atom is -0.479 e. The maximum atomic E-state index is 12.2. The van der Waals surface area contributed by atoms with Crippen LogP contribution in [0.4, 0.5) is 0 Å². The summed E-state index contributed by atoms with van der Waals surface area (Å²) in [7, 11) is 0. The number of hydrogen-bond acceptors (Lipinski definition) is 3. The van der Waals surface area contributed by atoms with Crippen molar-refractivity contribution < 1.29 is 19.4 Å². The third-order valence-electron chi connectivity index (χ3n) is 5.39. The average Bonchev–Trinajstić information content (AvgIpc) is 3.14. The number of nitrogens with one attached hydrogen (secondary N) is 1. The van der Waals surface area contributed by atoms with E-state index in [1.165, 1.54) is 25.7 Å². The smallest absolute Gasteiger partial charge is 0.332 e. The van der Waals surface area contributed by atoms with Gasteiger partial charge in [0.1, 0.15) is 6.10 Å². The molecule has 0 aromatic rings. The molecule has 20 heavy (non-hydrogen) atoms. The Labute approximate surface area is 119 Å². The number of carbonyl (C=O) groups excluding carboxylic acids is 1. The molecule has 0 aromatic heterocycles. The highest BCUT2D eigenvalue weighted by molar-refractivity contribution is 5.82. The van der Waals surface area contributed by atoms with Crippen molar-refractivity contribution in [2.75, 3.05) is 0 Å². The summed E-state index contributed by atoms with van der Waals surface area (Å²) in [5.41, 5.74) is 0. The van der Waals surface area contributed by atoms with E-state index in [2.05, 4.69) is 12.2 Å². The second kappa shape index (κ2) is 5.35. The average molecular weight is 281 g/mol. The van der Waals surface area contributed by atoms with Crippen LogP contribution in [0.1, 0.15) is 45.4 Å². The van der Waals surface area contributed by atoms with E-state index in [-0.39, 0.29) is 11.9 Å². The fourth-order valence-corrected chi connectivity index (χ4v) is 4.34. The maximum absolute atomic E-state index is 12.2. The van der Waals surface area contributed by atoms with Crippen molar-refractivity contribution in [3.05, 3.63) is 0 Å². The first-order chi connectivity index (χ1) is 9.54. The van der Waals surface area contributed by atoms with Crippen molar-refractivity contribution in [3.8, 4) is 0 Å². The summed E-state index contributed by atoms with van der Waals surface area (Å²) >= 11 is 0. The van der Waals surface area contributed by atoms with Crippen molar-refractivity contribution >= 4 is 11.9 Å². The summed E-state index contributed by atoms with van der Waals surface area (Å²) in [5.74, 6) is 1.12. The Morgan fingerprint density at radius 1 is 1.15 bits per heavy atom. The SMILES string of the molecule is CC(NC(=O)[C@@H]1CC[C@H](C(=O)O)O1)C1CC2CCC1C2. The van der Waals surface area contributed by atoms with E-state index in [1.807, 2.05) is 0 Å². The zero-order valence-electron chi connectivity index (χ0n) is 11.9. The van der Waals surface area contributed by atoms with Gasteiger partial charge in [0.2, 0.25) is 5.91 Å². The van der Waals surface area contributed by atoms with E-state index in [4.69, 9.17) is 9.84 Å². The summed E-state index contributed by atoms with van der Waals surface area (Å²) in [4.78, 5) is 23.0. The number of rotatable bonds is 4. The Morgan fingerprint density at radius 2 is 1.90 bits per heavy atom. The molecular weight excluding hydrogens is 258 g/mol. The number of aliphatic carboxylic acids is 1. The van der Waals surface area contributed by atoms with Gasteiger partial charge in [-0.1, -0.05) is 6.42 Å². The molecule has 1 amide bonds. The van der Waals surface area contributed by atoms with Crippen molar-refractivity contribution in [1.29, 1.82) is 0 Å². The van der Waals surface area contributed by atoms with Crippen LogP contribution in [-0.4, -0.2) is 35.2 Å². The van der Waals surface area contributed by atoms with Gasteiger partial charge in [0.15, 0.2) is 6.10 Å². The van der Waals surface area contributed by atoms with Crippen LogP contribution >= 0.6 is 0 Å². The molecule has 2 bridgehead atoms. The Morgan fingerprint density at radius 3 is 2.45 bits per heavy atom. The van der Waals surface area contributed by atoms with Crippen LogP contribution in [0.3, 0.4) is 0 Å². The second-order valence-electron chi connectivity index (χ2n) is 6.66. The van der Waals surface area contributed by atoms with E-state index < -0.39 is 18.2 Å². The van der Waals surface area contributed by atoms with Crippen LogP contribution in [0.15, 0.2) is 0 Å². The number of carboxylic acids is 1. The maximum Gasteiger partial charge on any atom is 0.332 e. The van der Waals surface area contributed by atoms with E-state index >= 15 is 0 Å². The molecule has 6 atom stereocenters. The third-order valence-corrected chi connectivity index (χ3v) is 5.39. The molecule has 2 N–H and O–H groups in total. The van der Waals surface area contributed by atoms with Crippen molar-refractivity contribution in [1.82, 2.24) is 5.32 Å². The molecule has 3 aliphatic rings. The predicted octanol–water partition coefficient (Wildman–Crippen LogP) is 1.56. The Balaban J connectivity index is 1.50. The van der Waals surface area contributed by atoms with E-state index in [1.54, 1.807) is 0 Å². The standard InChI is InChI=1S/C15H23NO4/c1-8(11-7-9-2-3-10(11)6-9)16-14(17)12-4-5-13(20-12)15(18)19/h8-13H,2-7H2,1H3,(H,16,17)(H,18,19)/t8?,9?,10?,11?,12-,13+/m0/s1. The highest BCUT2D eigenvalue weighted by Crippen LogP contribution is 2.49. The molecule has 112 valence electrons. The van der Waals surface area contributed by atoms with Crippen LogP contribution in [0, 0.1) is 17.8 Å². The molecular formula is C15H23NO4. The lowest BCUT2D eigenvalue weighted by Crippen LogP contribution is -2.45. The second-order valence-corrected chi connectivity index (χ2v) is 6.66. The Kier molecular flexibility index (Phi) is 3.71. The first-order valence-electron chi connectivity index (χ1n) is 7.73. The molecule has 3 rings (SSSR count). The predicted molar refractivity (Wildman–Crippen MR) is 72.1 cm³/mol. The zero-order chi connectivity index (χ0) is 14.3. The molecule has 1 aliphatic heterocycles. The topological polar surface area (TPSA) is 75.6 Å². The van der Waals surface area contributed by atoms with Gasteiger partial charge in [-0.25, -0.2) is 4.79 Å². The molecule has 0 radical (unpaired) electrons. The number of ether oxygens (including phenoxy) is 1. The van der Waals surface area contributed by atoms with Crippen LogP contribution < -0.4 is 5.32 Å². The number of fused-ring (bicyclic) bond motifs is 2. The first-order valence-corrected chi connectivity index (χ1v) is 7.73. The molecule has 5 heteroatoms. The van der Waals surface area contributed by atoms with Crippen molar-refractivity contribution in [3.63, 3.8) is 0 Å². The van der Waals surface area contributed by atoms with Gasteiger partial charge >= 0.3 is 5.97 Å². The minimum atomic E-state index is -0.971. The Hall–Kier alpha value is -1.10. The summed E-state index contributed by atoms with van der Waals surface area (Å²) in [6.07, 6.45) is 4.74. The minimum absolute atomic E-state index is 0.135. The highest BCUT2D eigenvalue weighted by Gasteiger charge is 2.43. The van der Waals surface area contributed by atoms with Crippen LogP contribution in [0.25, 0.3) is 0 Å². The van der Waals surface area contributed by atoms with E-state index in [9.17, 15) is 9.59 Å². The molecule has 1 heterocycles. The quantitative estimate of drug-likeness (QED) is 0.820.